The number of allylic oxidation sites excluding steroid dienone is 2. The Morgan fingerprint density at radius 3 is 2.92 bits per heavy atom. The molecule has 4 nitrogen and oxygen atoms in total. The molecule has 0 radical (unpaired) electrons. The Bertz CT molecular complexity index is 736. The standard InChI is InChI=1S/C20H24N2O2S/c1-2-3-5-15-6-4-11-22(12-15)13-18-14-25-19(21-18)16-7-9-17(10-8-16)20(23)24/h2-3,7-10,14-15H,4-6,11-13H2,1H3,(H,23,24)/b3-2+. The molecule has 1 aromatic heterocycles. The molecule has 2 aromatic rings. The van der Waals surface area contributed by atoms with Crippen LogP contribution in [0.1, 0.15) is 42.2 Å². The second-order valence-electron chi connectivity index (χ2n) is 6.57. The van der Waals surface area contributed by atoms with Crippen LogP contribution in [0.4, 0.5) is 0 Å². The third-order valence-electron chi connectivity index (χ3n) is 4.62. The Kier molecular flexibility index (Phi) is 6.00. The van der Waals surface area contributed by atoms with E-state index in [4.69, 9.17) is 10.1 Å². The lowest BCUT2D eigenvalue weighted by Crippen LogP contribution is -2.34. The number of thiazole rings is 1. The van der Waals surface area contributed by atoms with E-state index in [0.29, 0.717) is 5.56 Å². The zero-order chi connectivity index (χ0) is 17.6. The molecule has 2 heterocycles. The number of benzene rings is 1. The van der Waals surface area contributed by atoms with Crippen molar-refractivity contribution >= 4 is 17.3 Å². The second kappa shape index (κ2) is 8.41. The minimum atomic E-state index is -0.899. The quantitative estimate of drug-likeness (QED) is 0.763. The lowest BCUT2D eigenvalue weighted by molar-refractivity contribution is 0.0697. The van der Waals surface area contributed by atoms with Crippen LogP contribution in [0.25, 0.3) is 10.6 Å². The van der Waals surface area contributed by atoms with Crippen molar-refractivity contribution < 1.29 is 9.90 Å². The van der Waals surface area contributed by atoms with Gasteiger partial charge in [-0.05, 0) is 50.8 Å². The maximum Gasteiger partial charge on any atom is 0.335 e. The Hall–Kier alpha value is -1.98. The molecular weight excluding hydrogens is 332 g/mol. The number of carboxylic acid groups (broad SMARTS) is 1. The predicted octanol–water partition coefficient (Wildman–Crippen LogP) is 4.69. The number of aromatic nitrogens is 1. The largest absolute Gasteiger partial charge is 0.478 e. The van der Waals surface area contributed by atoms with Gasteiger partial charge in [0.05, 0.1) is 11.3 Å². The smallest absolute Gasteiger partial charge is 0.335 e. The summed E-state index contributed by atoms with van der Waals surface area (Å²) in [5.74, 6) is -0.143. The molecule has 1 fully saturated rings. The average molecular weight is 356 g/mol. The van der Waals surface area contributed by atoms with Gasteiger partial charge >= 0.3 is 5.97 Å². The summed E-state index contributed by atoms with van der Waals surface area (Å²) in [7, 11) is 0. The Morgan fingerprint density at radius 1 is 1.40 bits per heavy atom. The molecular formula is C20H24N2O2S. The van der Waals surface area contributed by atoms with Crippen molar-refractivity contribution in [2.75, 3.05) is 13.1 Å². The number of rotatable bonds is 6. The molecule has 0 bridgehead atoms. The van der Waals surface area contributed by atoms with Gasteiger partial charge in [0.1, 0.15) is 5.01 Å². The van der Waals surface area contributed by atoms with Crippen LogP contribution in [0.5, 0.6) is 0 Å². The van der Waals surface area contributed by atoms with E-state index in [1.807, 2.05) is 12.1 Å². The first kappa shape index (κ1) is 17.8. The molecule has 1 aliphatic heterocycles. The van der Waals surface area contributed by atoms with E-state index in [2.05, 4.69) is 29.4 Å². The molecule has 1 aliphatic rings. The third kappa shape index (κ3) is 4.77. The highest BCUT2D eigenvalue weighted by molar-refractivity contribution is 7.13. The normalized spacial score (nSPS) is 18.7. The first-order valence-corrected chi connectivity index (χ1v) is 9.65. The van der Waals surface area contributed by atoms with Crippen LogP contribution in [0.3, 0.4) is 0 Å². The summed E-state index contributed by atoms with van der Waals surface area (Å²) in [4.78, 5) is 18.2. The number of aromatic carboxylic acids is 1. The van der Waals surface area contributed by atoms with Gasteiger partial charge in [0.25, 0.3) is 0 Å². The van der Waals surface area contributed by atoms with Crippen LogP contribution >= 0.6 is 11.3 Å². The molecule has 132 valence electrons. The lowest BCUT2D eigenvalue weighted by Gasteiger charge is -2.31. The van der Waals surface area contributed by atoms with Crippen LogP contribution in [0.2, 0.25) is 0 Å². The Labute approximate surface area is 152 Å². The fourth-order valence-electron chi connectivity index (χ4n) is 3.31. The van der Waals surface area contributed by atoms with Crippen LogP contribution in [-0.4, -0.2) is 34.0 Å². The van der Waals surface area contributed by atoms with Gasteiger partial charge in [-0.2, -0.15) is 0 Å². The maximum absolute atomic E-state index is 10.9. The summed E-state index contributed by atoms with van der Waals surface area (Å²) < 4.78 is 0. The topological polar surface area (TPSA) is 53.4 Å². The SMILES string of the molecule is C/C=C/CC1CCCN(Cc2csc(-c3ccc(C(=O)O)cc3)n2)C1. The summed E-state index contributed by atoms with van der Waals surface area (Å²) in [6.07, 6.45) is 8.16. The summed E-state index contributed by atoms with van der Waals surface area (Å²) >= 11 is 1.62. The van der Waals surface area contributed by atoms with Crippen LogP contribution in [-0.2, 0) is 6.54 Å². The van der Waals surface area contributed by atoms with Crippen molar-refractivity contribution in [3.8, 4) is 10.6 Å². The van der Waals surface area contributed by atoms with Gasteiger partial charge in [0.2, 0.25) is 0 Å². The third-order valence-corrected chi connectivity index (χ3v) is 5.56. The zero-order valence-electron chi connectivity index (χ0n) is 14.5. The molecule has 5 heteroatoms. The highest BCUT2D eigenvalue weighted by Crippen LogP contribution is 2.26. The molecule has 0 saturated carbocycles. The molecule has 0 aliphatic carbocycles. The number of carbonyl (C=O) groups is 1. The van der Waals surface area contributed by atoms with E-state index < -0.39 is 5.97 Å². The lowest BCUT2D eigenvalue weighted by atomic mass is 9.94. The summed E-state index contributed by atoms with van der Waals surface area (Å²) in [6.45, 7) is 5.27. The van der Waals surface area contributed by atoms with Crippen molar-refractivity contribution in [3.63, 3.8) is 0 Å². The van der Waals surface area contributed by atoms with Gasteiger partial charge in [-0.25, -0.2) is 9.78 Å². The van der Waals surface area contributed by atoms with E-state index in [9.17, 15) is 4.79 Å². The molecule has 1 saturated heterocycles. The molecule has 3 rings (SSSR count). The van der Waals surface area contributed by atoms with Gasteiger partial charge in [-0.15, -0.1) is 11.3 Å². The van der Waals surface area contributed by atoms with E-state index in [1.54, 1.807) is 23.5 Å². The van der Waals surface area contributed by atoms with Crippen molar-refractivity contribution in [1.82, 2.24) is 9.88 Å². The number of likely N-dealkylation sites (tertiary alicyclic amines) is 1. The van der Waals surface area contributed by atoms with Crippen LogP contribution in [0, 0.1) is 5.92 Å². The average Bonchev–Trinajstić information content (AvgIpc) is 3.09. The molecule has 1 atom stereocenters. The molecule has 1 aromatic carbocycles. The molecule has 25 heavy (non-hydrogen) atoms. The fraction of sp³-hybridized carbons (Fsp3) is 0.400. The number of piperidine rings is 1. The number of nitrogens with zero attached hydrogens (tertiary/aromatic N) is 2. The van der Waals surface area contributed by atoms with E-state index >= 15 is 0 Å². The minimum absolute atomic E-state index is 0.306. The molecule has 1 N–H and O–H groups in total. The number of carboxylic acids is 1. The zero-order valence-corrected chi connectivity index (χ0v) is 15.3. The minimum Gasteiger partial charge on any atom is -0.478 e. The van der Waals surface area contributed by atoms with Crippen molar-refractivity contribution in [2.24, 2.45) is 5.92 Å². The first-order valence-electron chi connectivity index (χ1n) is 8.77. The van der Waals surface area contributed by atoms with Crippen molar-refractivity contribution in [3.05, 3.63) is 53.1 Å². The van der Waals surface area contributed by atoms with E-state index in [1.165, 1.54) is 19.3 Å². The van der Waals surface area contributed by atoms with Crippen LogP contribution in [0.15, 0.2) is 41.8 Å². The van der Waals surface area contributed by atoms with Crippen LogP contribution < -0.4 is 0 Å². The van der Waals surface area contributed by atoms with Gasteiger partial charge in [-0.1, -0.05) is 24.3 Å². The molecule has 0 spiro atoms. The fourth-order valence-corrected chi connectivity index (χ4v) is 4.13. The molecule has 1 unspecified atom stereocenters. The van der Waals surface area contributed by atoms with Gasteiger partial charge in [0, 0.05) is 24.0 Å². The Morgan fingerprint density at radius 2 is 2.20 bits per heavy atom. The summed E-state index contributed by atoms with van der Waals surface area (Å²) in [5.41, 5.74) is 2.39. The monoisotopic (exact) mass is 356 g/mol. The second-order valence-corrected chi connectivity index (χ2v) is 7.43. The number of hydrogen-bond donors (Lipinski definition) is 1. The summed E-state index contributed by atoms with van der Waals surface area (Å²) in [5, 5.41) is 12.1. The predicted molar refractivity (Wildman–Crippen MR) is 102 cm³/mol. The maximum atomic E-state index is 10.9. The molecule has 0 amide bonds. The van der Waals surface area contributed by atoms with Gasteiger partial charge in [0.15, 0.2) is 0 Å². The first-order chi connectivity index (χ1) is 12.2. The Balaban J connectivity index is 1.62. The van der Waals surface area contributed by atoms with Gasteiger partial charge in [-0.3, -0.25) is 4.90 Å². The van der Waals surface area contributed by atoms with E-state index in [-0.39, 0.29) is 0 Å². The van der Waals surface area contributed by atoms with Gasteiger partial charge < -0.3 is 5.11 Å². The van der Waals surface area contributed by atoms with Crippen molar-refractivity contribution in [1.29, 1.82) is 0 Å². The highest BCUT2D eigenvalue weighted by Gasteiger charge is 2.19. The highest BCUT2D eigenvalue weighted by atomic mass is 32.1. The van der Waals surface area contributed by atoms with E-state index in [0.717, 1.165) is 41.8 Å². The summed E-state index contributed by atoms with van der Waals surface area (Å²) in [6, 6.07) is 6.94. The number of hydrogen-bond acceptors (Lipinski definition) is 4. The van der Waals surface area contributed by atoms with Crippen molar-refractivity contribution in [2.45, 2.75) is 32.7 Å².